The molecule has 0 aliphatic rings. The van der Waals surface area contributed by atoms with Crippen LogP contribution in [0.2, 0.25) is 0 Å². The molecular formula is C14H10FNO3. The van der Waals surface area contributed by atoms with Crippen molar-refractivity contribution in [3.63, 3.8) is 0 Å². The number of carbonyl (C=O) groups is 1. The summed E-state index contributed by atoms with van der Waals surface area (Å²) in [6.07, 6.45) is 5.30. The van der Waals surface area contributed by atoms with Crippen LogP contribution in [-0.4, -0.2) is 16.1 Å². The van der Waals surface area contributed by atoms with Gasteiger partial charge in [-0.1, -0.05) is 6.07 Å². The zero-order chi connectivity index (χ0) is 13.7. The van der Waals surface area contributed by atoms with Crippen molar-refractivity contribution in [2.24, 2.45) is 0 Å². The molecule has 0 saturated heterocycles. The molecule has 0 atom stereocenters. The number of hydrogen-bond donors (Lipinski definition) is 1. The van der Waals surface area contributed by atoms with E-state index in [1.54, 1.807) is 24.4 Å². The van der Waals surface area contributed by atoms with E-state index in [2.05, 4.69) is 4.98 Å². The Morgan fingerprint density at radius 1 is 1.37 bits per heavy atom. The summed E-state index contributed by atoms with van der Waals surface area (Å²) in [5, 5.41) is 8.48. The zero-order valence-corrected chi connectivity index (χ0v) is 9.79. The maximum atomic E-state index is 13.7. The van der Waals surface area contributed by atoms with E-state index in [9.17, 15) is 9.18 Å². The van der Waals surface area contributed by atoms with Crippen LogP contribution >= 0.6 is 0 Å². The highest BCUT2D eigenvalue weighted by atomic mass is 19.1. The highest BCUT2D eigenvalue weighted by Gasteiger charge is 2.05. The van der Waals surface area contributed by atoms with Crippen LogP contribution in [0.5, 0.6) is 11.5 Å². The number of ether oxygens (including phenoxy) is 1. The molecule has 0 amide bonds. The molecule has 0 unspecified atom stereocenters. The van der Waals surface area contributed by atoms with Crippen molar-refractivity contribution < 1.29 is 19.0 Å². The van der Waals surface area contributed by atoms with Crippen LogP contribution in [-0.2, 0) is 4.79 Å². The Labute approximate surface area is 108 Å². The number of carboxylic acids is 1. The molecule has 1 aromatic carbocycles. The first kappa shape index (κ1) is 12.8. The second-order valence-corrected chi connectivity index (χ2v) is 3.65. The molecular weight excluding hydrogens is 249 g/mol. The van der Waals surface area contributed by atoms with E-state index in [1.807, 2.05) is 0 Å². The van der Waals surface area contributed by atoms with Crippen LogP contribution in [0, 0.1) is 5.82 Å². The standard InChI is InChI=1S/C14H10FNO3/c15-12-8-10(4-6-14(17)18)3-5-13(12)19-11-2-1-7-16-9-11/h1-9H,(H,17,18). The Hall–Kier alpha value is -2.69. The summed E-state index contributed by atoms with van der Waals surface area (Å²) in [5.74, 6) is -1.18. The molecule has 1 heterocycles. The topological polar surface area (TPSA) is 59.4 Å². The van der Waals surface area contributed by atoms with Crippen LogP contribution < -0.4 is 4.74 Å². The third-order valence-corrected chi connectivity index (χ3v) is 2.24. The lowest BCUT2D eigenvalue weighted by atomic mass is 10.2. The predicted octanol–water partition coefficient (Wildman–Crippen LogP) is 3.11. The number of aromatic nitrogens is 1. The van der Waals surface area contributed by atoms with Crippen molar-refractivity contribution in [3.8, 4) is 11.5 Å². The van der Waals surface area contributed by atoms with Crippen molar-refractivity contribution in [2.75, 3.05) is 0 Å². The van der Waals surface area contributed by atoms with Gasteiger partial charge in [0.25, 0.3) is 0 Å². The van der Waals surface area contributed by atoms with E-state index in [1.165, 1.54) is 24.4 Å². The Morgan fingerprint density at radius 3 is 2.84 bits per heavy atom. The molecule has 2 rings (SSSR count). The summed E-state index contributed by atoms with van der Waals surface area (Å²) in [6, 6.07) is 7.53. The minimum atomic E-state index is -1.09. The summed E-state index contributed by atoms with van der Waals surface area (Å²) in [7, 11) is 0. The first-order chi connectivity index (χ1) is 9.15. The Kier molecular flexibility index (Phi) is 3.87. The van der Waals surface area contributed by atoms with Gasteiger partial charge in [0, 0.05) is 12.3 Å². The van der Waals surface area contributed by atoms with E-state index < -0.39 is 11.8 Å². The van der Waals surface area contributed by atoms with Crippen LogP contribution in [0.1, 0.15) is 5.56 Å². The fraction of sp³-hybridized carbons (Fsp3) is 0. The molecule has 1 aromatic heterocycles. The van der Waals surface area contributed by atoms with Gasteiger partial charge in [0.2, 0.25) is 0 Å². The van der Waals surface area contributed by atoms with E-state index in [-0.39, 0.29) is 5.75 Å². The highest BCUT2D eigenvalue weighted by molar-refractivity contribution is 5.85. The Morgan fingerprint density at radius 2 is 2.21 bits per heavy atom. The van der Waals surface area contributed by atoms with Gasteiger partial charge in [0.05, 0.1) is 6.20 Å². The smallest absolute Gasteiger partial charge is 0.328 e. The number of benzene rings is 1. The molecule has 2 aromatic rings. The zero-order valence-electron chi connectivity index (χ0n) is 9.79. The first-order valence-electron chi connectivity index (χ1n) is 5.43. The number of aliphatic carboxylic acids is 1. The molecule has 0 spiro atoms. The average Bonchev–Trinajstić information content (AvgIpc) is 2.40. The number of rotatable bonds is 4. The molecule has 0 radical (unpaired) electrons. The molecule has 5 heteroatoms. The number of halogens is 1. The van der Waals surface area contributed by atoms with Gasteiger partial charge in [0.1, 0.15) is 5.75 Å². The van der Waals surface area contributed by atoms with Crippen LogP contribution in [0.3, 0.4) is 0 Å². The first-order valence-corrected chi connectivity index (χ1v) is 5.43. The molecule has 0 aliphatic heterocycles. The lowest BCUT2D eigenvalue weighted by Crippen LogP contribution is -1.90. The summed E-state index contributed by atoms with van der Waals surface area (Å²) < 4.78 is 19.0. The number of nitrogens with zero attached hydrogens (tertiary/aromatic N) is 1. The number of hydrogen-bond acceptors (Lipinski definition) is 3. The third-order valence-electron chi connectivity index (χ3n) is 2.24. The van der Waals surface area contributed by atoms with Gasteiger partial charge < -0.3 is 9.84 Å². The summed E-state index contributed by atoms with van der Waals surface area (Å²) in [6.45, 7) is 0. The third kappa shape index (κ3) is 3.64. The van der Waals surface area contributed by atoms with Crippen molar-refractivity contribution >= 4 is 12.0 Å². The van der Waals surface area contributed by atoms with Crippen molar-refractivity contribution in [3.05, 3.63) is 60.2 Å². The molecule has 4 nitrogen and oxygen atoms in total. The average molecular weight is 259 g/mol. The van der Waals surface area contributed by atoms with Crippen molar-refractivity contribution in [1.29, 1.82) is 0 Å². The van der Waals surface area contributed by atoms with Crippen LogP contribution in [0.25, 0.3) is 6.08 Å². The van der Waals surface area contributed by atoms with Gasteiger partial charge in [-0.2, -0.15) is 0 Å². The molecule has 19 heavy (non-hydrogen) atoms. The largest absolute Gasteiger partial charge is 0.478 e. The van der Waals surface area contributed by atoms with E-state index in [0.717, 1.165) is 6.08 Å². The van der Waals surface area contributed by atoms with Crippen LogP contribution in [0.15, 0.2) is 48.8 Å². The summed E-state index contributed by atoms with van der Waals surface area (Å²) in [4.78, 5) is 14.2. The predicted molar refractivity (Wildman–Crippen MR) is 67.4 cm³/mol. The Bertz CT molecular complexity index is 611. The molecule has 0 aliphatic carbocycles. The second kappa shape index (κ2) is 5.77. The van der Waals surface area contributed by atoms with Gasteiger partial charge in [-0.15, -0.1) is 0 Å². The van der Waals surface area contributed by atoms with Gasteiger partial charge in [-0.25, -0.2) is 9.18 Å². The molecule has 96 valence electrons. The summed E-state index contributed by atoms with van der Waals surface area (Å²) in [5.41, 5.74) is 0.443. The summed E-state index contributed by atoms with van der Waals surface area (Å²) >= 11 is 0. The fourth-order valence-electron chi connectivity index (χ4n) is 1.41. The minimum absolute atomic E-state index is 0.0560. The lowest BCUT2D eigenvalue weighted by molar-refractivity contribution is -0.131. The minimum Gasteiger partial charge on any atom is -0.478 e. The quantitative estimate of drug-likeness (QED) is 0.857. The van der Waals surface area contributed by atoms with E-state index in [4.69, 9.17) is 9.84 Å². The highest BCUT2D eigenvalue weighted by Crippen LogP contribution is 2.24. The van der Waals surface area contributed by atoms with Crippen molar-refractivity contribution in [2.45, 2.75) is 0 Å². The fourth-order valence-corrected chi connectivity index (χ4v) is 1.41. The maximum Gasteiger partial charge on any atom is 0.328 e. The maximum absolute atomic E-state index is 13.7. The number of pyridine rings is 1. The van der Waals surface area contributed by atoms with E-state index >= 15 is 0 Å². The molecule has 0 bridgehead atoms. The van der Waals surface area contributed by atoms with Gasteiger partial charge in [0.15, 0.2) is 11.6 Å². The molecule has 0 saturated carbocycles. The van der Waals surface area contributed by atoms with Gasteiger partial charge in [-0.05, 0) is 35.9 Å². The molecule has 1 N–H and O–H groups in total. The SMILES string of the molecule is O=C(O)C=Cc1ccc(Oc2cccnc2)c(F)c1. The molecule has 0 fully saturated rings. The van der Waals surface area contributed by atoms with Gasteiger partial charge >= 0.3 is 5.97 Å². The van der Waals surface area contributed by atoms with Gasteiger partial charge in [-0.3, -0.25) is 4.98 Å². The number of carboxylic acid groups (broad SMARTS) is 1. The van der Waals surface area contributed by atoms with E-state index in [0.29, 0.717) is 11.3 Å². The lowest BCUT2D eigenvalue weighted by Gasteiger charge is -2.06. The normalized spacial score (nSPS) is 10.6. The van der Waals surface area contributed by atoms with Crippen LogP contribution in [0.4, 0.5) is 4.39 Å². The monoisotopic (exact) mass is 259 g/mol. The Balaban J connectivity index is 2.18. The van der Waals surface area contributed by atoms with Crippen molar-refractivity contribution in [1.82, 2.24) is 4.98 Å². The second-order valence-electron chi connectivity index (χ2n) is 3.65.